The molecule has 0 spiro atoms. The van der Waals surface area contributed by atoms with Crippen LogP contribution in [0.15, 0.2) is 70.6 Å². The molecule has 30 heavy (non-hydrogen) atoms. The van der Waals surface area contributed by atoms with Crippen molar-refractivity contribution in [3.05, 3.63) is 66.2 Å². The van der Waals surface area contributed by atoms with Crippen molar-refractivity contribution in [3.63, 3.8) is 0 Å². The van der Waals surface area contributed by atoms with E-state index in [1.165, 1.54) is 16.1 Å². The molecule has 0 saturated carbocycles. The topological polar surface area (TPSA) is 70.6 Å². The number of fused-ring (bicyclic) bond motifs is 1. The van der Waals surface area contributed by atoms with Gasteiger partial charge in [-0.05, 0) is 31.2 Å². The number of hydrogen-bond acceptors (Lipinski definition) is 5. The lowest BCUT2D eigenvalue weighted by molar-refractivity contribution is -0.129. The number of pyridine rings is 1. The highest BCUT2D eigenvalue weighted by atomic mass is 32.2. The average molecular weight is 442 g/mol. The molecular weight excluding hydrogens is 418 g/mol. The van der Waals surface area contributed by atoms with E-state index >= 15 is 0 Å². The minimum Gasteiger partial charge on any atom is -0.339 e. The summed E-state index contributed by atoms with van der Waals surface area (Å²) in [5, 5.41) is 1.88. The minimum atomic E-state index is -3.52. The van der Waals surface area contributed by atoms with Crippen LogP contribution in [-0.4, -0.2) is 60.4 Å². The van der Waals surface area contributed by atoms with E-state index < -0.39 is 10.0 Å². The van der Waals surface area contributed by atoms with Gasteiger partial charge in [0, 0.05) is 31.6 Å². The molecule has 2 aromatic carbocycles. The van der Waals surface area contributed by atoms with E-state index in [1.54, 1.807) is 29.2 Å². The van der Waals surface area contributed by atoms with Crippen molar-refractivity contribution in [2.75, 3.05) is 31.9 Å². The quantitative estimate of drug-likeness (QED) is 0.569. The first-order chi connectivity index (χ1) is 14.4. The first-order valence-electron chi connectivity index (χ1n) is 9.77. The largest absolute Gasteiger partial charge is 0.339 e. The fourth-order valence-electron chi connectivity index (χ4n) is 3.39. The fraction of sp³-hybridized carbons (Fsp3) is 0.273. The highest BCUT2D eigenvalue weighted by Crippen LogP contribution is 2.22. The number of hydrogen-bond donors (Lipinski definition) is 0. The number of aromatic nitrogens is 1. The van der Waals surface area contributed by atoms with Crippen molar-refractivity contribution >= 4 is 38.6 Å². The molecule has 6 nitrogen and oxygen atoms in total. The van der Waals surface area contributed by atoms with Crippen molar-refractivity contribution in [2.45, 2.75) is 16.8 Å². The Labute approximate surface area is 181 Å². The van der Waals surface area contributed by atoms with Crippen molar-refractivity contribution in [3.8, 4) is 0 Å². The predicted octanol–water partition coefficient (Wildman–Crippen LogP) is 3.17. The Morgan fingerprint density at radius 2 is 1.67 bits per heavy atom. The number of piperazine rings is 1. The highest BCUT2D eigenvalue weighted by molar-refractivity contribution is 7.99. The number of benzene rings is 2. The molecule has 2 heterocycles. The molecule has 0 unspecified atom stereocenters. The van der Waals surface area contributed by atoms with Crippen LogP contribution < -0.4 is 0 Å². The van der Waals surface area contributed by atoms with Gasteiger partial charge in [0.05, 0.1) is 21.2 Å². The van der Waals surface area contributed by atoms with Gasteiger partial charge in [0.2, 0.25) is 15.9 Å². The summed E-state index contributed by atoms with van der Waals surface area (Å²) >= 11 is 1.41. The van der Waals surface area contributed by atoms with Crippen molar-refractivity contribution in [1.82, 2.24) is 14.2 Å². The second-order valence-corrected chi connectivity index (χ2v) is 10.2. The normalized spacial score (nSPS) is 15.4. The second-order valence-electron chi connectivity index (χ2n) is 7.23. The van der Waals surface area contributed by atoms with Gasteiger partial charge < -0.3 is 4.90 Å². The first kappa shape index (κ1) is 20.8. The molecular formula is C22H23N3O3S2. The van der Waals surface area contributed by atoms with Crippen LogP contribution >= 0.6 is 11.8 Å². The Bertz CT molecular complexity index is 1160. The standard InChI is InChI=1S/C22H23N3O3S2/c1-17-6-9-19(10-7-17)30(27,28)25-14-12-24(13-15-25)22(26)16-29-21-11-8-18-4-2-3-5-20(18)23-21/h2-11H,12-16H2,1H3. The molecule has 1 aromatic heterocycles. The smallest absolute Gasteiger partial charge is 0.243 e. The maximum atomic E-state index is 12.8. The minimum absolute atomic E-state index is 0.00217. The lowest BCUT2D eigenvalue weighted by Crippen LogP contribution is -2.50. The summed E-state index contributed by atoms with van der Waals surface area (Å²) in [6.45, 7) is 3.33. The highest BCUT2D eigenvalue weighted by Gasteiger charge is 2.30. The van der Waals surface area contributed by atoms with E-state index in [4.69, 9.17) is 0 Å². The van der Waals surface area contributed by atoms with Crippen molar-refractivity contribution < 1.29 is 13.2 Å². The summed E-state index contributed by atoms with van der Waals surface area (Å²) in [5.41, 5.74) is 1.92. The zero-order chi connectivity index (χ0) is 21.1. The molecule has 1 aliphatic rings. The lowest BCUT2D eigenvalue weighted by Gasteiger charge is -2.34. The van der Waals surface area contributed by atoms with E-state index in [0.717, 1.165) is 21.5 Å². The van der Waals surface area contributed by atoms with Crippen LogP contribution in [0, 0.1) is 6.92 Å². The Morgan fingerprint density at radius 3 is 2.40 bits per heavy atom. The summed E-state index contributed by atoms with van der Waals surface area (Å²) < 4.78 is 27.1. The first-order valence-corrected chi connectivity index (χ1v) is 12.2. The Hall–Kier alpha value is -2.42. The molecule has 156 valence electrons. The van der Waals surface area contributed by atoms with Crippen LogP contribution in [0.2, 0.25) is 0 Å². The average Bonchev–Trinajstić information content (AvgIpc) is 2.77. The van der Waals surface area contributed by atoms with E-state index in [1.807, 2.05) is 43.3 Å². The molecule has 0 N–H and O–H groups in total. The number of nitrogens with zero attached hydrogens (tertiary/aromatic N) is 3. The number of rotatable bonds is 5. The summed E-state index contributed by atoms with van der Waals surface area (Å²) in [7, 11) is -3.52. The zero-order valence-corrected chi connectivity index (χ0v) is 18.3. The second kappa shape index (κ2) is 8.75. The van der Waals surface area contributed by atoms with Gasteiger partial charge in [-0.15, -0.1) is 0 Å². The number of thioether (sulfide) groups is 1. The third kappa shape index (κ3) is 4.50. The molecule has 0 bridgehead atoms. The lowest BCUT2D eigenvalue weighted by atomic mass is 10.2. The molecule has 1 amide bonds. The summed E-state index contributed by atoms with van der Waals surface area (Å²) in [6, 6.07) is 18.7. The van der Waals surface area contributed by atoms with E-state index in [-0.39, 0.29) is 11.7 Å². The number of para-hydroxylation sites is 1. The third-order valence-corrected chi connectivity index (χ3v) is 7.99. The Balaban J connectivity index is 1.33. The zero-order valence-electron chi connectivity index (χ0n) is 16.7. The molecule has 1 aliphatic heterocycles. The maximum Gasteiger partial charge on any atom is 0.243 e. The van der Waals surface area contributed by atoms with E-state index in [0.29, 0.717) is 31.1 Å². The van der Waals surface area contributed by atoms with Gasteiger partial charge in [0.1, 0.15) is 0 Å². The molecule has 0 atom stereocenters. The van der Waals surface area contributed by atoms with Crippen molar-refractivity contribution in [1.29, 1.82) is 0 Å². The van der Waals surface area contributed by atoms with Crippen LogP contribution in [-0.2, 0) is 14.8 Å². The van der Waals surface area contributed by atoms with Crippen LogP contribution in [0.5, 0.6) is 0 Å². The van der Waals surface area contributed by atoms with Crippen molar-refractivity contribution in [2.24, 2.45) is 0 Å². The molecule has 3 aromatic rings. The van der Waals surface area contributed by atoms with Crippen LogP contribution in [0.1, 0.15) is 5.56 Å². The van der Waals surface area contributed by atoms with Gasteiger partial charge >= 0.3 is 0 Å². The fourth-order valence-corrected chi connectivity index (χ4v) is 5.60. The van der Waals surface area contributed by atoms with Gasteiger partial charge in [0.25, 0.3) is 0 Å². The van der Waals surface area contributed by atoms with Crippen LogP contribution in [0.4, 0.5) is 0 Å². The summed E-state index contributed by atoms with van der Waals surface area (Å²) in [5.74, 6) is 0.290. The molecule has 0 aliphatic carbocycles. The number of sulfonamides is 1. The number of carbonyl (C=O) groups is 1. The number of aryl methyl sites for hydroxylation is 1. The van der Waals surface area contributed by atoms with Crippen LogP contribution in [0.3, 0.4) is 0 Å². The van der Waals surface area contributed by atoms with Gasteiger partial charge in [-0.3, -0.25) is 4.79 Å². The summed E-state index contributed by atoms with van der Waals surface area (Å²) in [4.78, 5) is 19.2. The van der Waals surface area contributed by atoms with Gasteiger partial charge in [-0.1, -0.05) is 53.7 Å². The Kier molecular flexibility index (Phi) is 6.08. The monoisotopic (exact) mass is 441 g/mol. The molecule has 4 rings (SSSR count). The summed E-state index contributed by atoms with van der Waals surface area (Å²) in [6.07, 6.45) is 0. The SMILES string of the molecule is Cc1ccc(S(=O)(=O)N2CCN(C(=O)CSc3ccc4ccccc4n3)CC2)cc1. The van der Waals surface area contributed by atoms with Gasteiger partial charge in [0.15, 0.2) is 0 Å². The van der Waals surface area contributed by atoms with Gasteiger partial charge in [-0.2, -0.15) is 4.31 Å². The Morgan fingerprint density at radius 1 is 0.967 bits per heavy atom. The van der Waals surface area contributed by atoms with E-state index in [9.17, 15) is 13.2 Å². The number of carbonyl (C=O) groups excluding carboxylic acids is 1. The van der Waals surface area contributed by atoms with E-state index in [2.05, 4.69) is 4.98 Å². The molecule has 1 saturated heterocycles. The van der Waals surface area contributed by atoms with Gasteiger partial charge in [-0.25, -0.2) is 13.4 Å². The molecule has 0 radical (unpaired) electrons. The van der Waals surface area contributed by atoms with Crippen LogP contribution in [0.25, 0.3) is 10.9 Å². The predicted molar refractivity (Wildman–Crippen MR) is 119 cm³/mol. The number of amides is 1. The molecule has 1 fully saturated rings. The maximum absolute atomic E-state index is 12.8. The molecule has 8 heteroatoms. The third-order valence-electron chi connectivity index (χ3n) is 5.17.